The topological polar surface area (TPSA) is 28.5 Å². The zero-order valence-electron chi connectivity index (χ0n) is 9.00. The highest BCUT2D eigenvalue weighted by Gasteiger charge is 2.07. The standard InChI is InChI=1S/C13H13N3/c1-2-5-13-11(4-1)6-7-12(15-13)10-16-9-3-8-14-16/h1-2,4-8H,3,9-10H2. The van der Waals surface area contributed by atoms with Crippen LogP contribution in [0.4, 0.5) is 0 Å². The Morgan fingerprint density at radius 2 is 2.06 bits per heavy atom. The first-order chi connectivity index (χ1) is 7.92. The fraction of sp³-hybridized carbons (Fsp3) is 0.231. The van der Waals surface area contributed by atoms with E-state index < -0.39 is 0 Å². The number of pyridine rings is 1. The summed E-state index contributed by atoms with van der Waals surface area (Å²) < 4.78 is 0. The molecule has 1 aromatic heterocycles. The number of nitrogens with zero attached hydrogens (tertiary/aromatic N) is 3. The Morgan fingerprint density at radius 3 is 2.94 bits per heavy atom. The number of fused-ring (bicyclic) bond motifs is 1. The van der Waals surface area contributed by atoms with Crippen LogP contribution < -0.4 is 0 Å². The highest BCUT2D eigenvalue weighted by Crippen LogP contribution is 2.13. The van der Waals surface area contributed by atoms with Crippen LogP contribution in [0.2, 0.25) is 0 Å². The van der Waals surface area contributed by atoms with Crippen molar-refractivity contribution in [3.63, 3.8) is 0 Å². The lowest BCUT2D eigenvalue weighted by molar-refractivity contribution is 0.307. The highest BCUT2D eigenvalue weighted by atomic mass is 15.5. The Hall–Kier alpha value is -1.90. The Labute approximate surface area is 94.4 Å². The van der Waals surface area contributed by atoms with Crippen molar-refractivity contribution in [1.82, 2.24) is 9.99 Å². The van der Waals surface area contributed by atoms with Crippen LogP contribution in [0.3, 0.4) is 0 Å². The largest absolute Gasteiger partial charge is 0.291 e. The predicted molar refractivity (Wildman–Crippen MR) is 65.3 cm³/mol. The Balaban J connectivity index is 1.89. The molecule has 3 heteroatoms. The molecule has 80 valence electrons. The van der Waals surface area contributed by atoms with Crippen LogP contribution in [-0.2, 0) is 6.54 Å². The van der Waals surface area contributed by atoms with Gasteiger partial charge in [0.05, 0.1) is 17.8 Å². The average molecular weight is 211 g/mol. The van der Waals surface area contributed by atoms with Crippen molar-refractivity contribution in [3.8, 4) is 0 Å². The summed E-state index contributed by atoms with van der Waals surface area (Å²) in [7, 11) is 0. The SMILES string of the molecule is C1=NN(Cc2ccc3ccccc3n2)CC1. The molecule has 1 aliphatic rings. The Morgan fingerprint density at radius 1 is 1.12 bits per heavy atom. The molecule has 3 nitrogen and oxygen atoms in total. The van der Waals surface area contributed by atoms with Gasteiger partial charge in [0, 0.05) is 24.6 Å². The van der Waals surface area contributed by atoms with Crippen molar-refractivity contribution in [2.45, 2.75) is 13.0 Å². The zero-order valence-corrected chi connectivity index (χ0v) is 9.00. The van der Waals surface area contributed by atoms with E-state index in [1.54, 1.807) is 0 Å². The molecule has 1 aliphatic heterocycles. The highest BCUT2D eigenvalue weighted by molar-refractivity contribution is 5.78. The van der Waals surface area contributed by atoms with Gasteiger partial charge in [0.25, 0.3) is 0 Å². The van der Waals surface area contributed by atoms with Gasteiger partial charge in [0.15, 0.2) is 0 Å². The van der Waals surface area contributed by atoms with Gasteiger partial charge in [-0.2, -0.15) is 5.10 Å². The van der Waals surface area contributed by atoms with E-state index in [1.165, 1.54) is 5.39 Å². The summed E-state index contributed by atoms with van der Waals surface area (Å²) in [6.45, 7) is 1.82. The first-order valence-electron chi connectivity index (χ1n) is 5.54. The Kier molecular flexibility index (Phi) is 2.29. The molecule has 0 bridgehead atoms. The van der Waals surface area contributed by atoms with Gasteiger partial charge in [-0.1, -0.05) is 24.3 Å². The van der Waals surface area contributed by atoms with E-state index in [4.69, 9.17) is 0 Å². The molecule has 0 atom stereocenters. The molecule has 2 heterocycles. The molecule has 0 fully saturated rings. The van der Waals surface area contributed by atoms with E-state index in [1.807, 2.05) is 24.4 Å². The molecule has 3 rings (SSSR count). The maximum absolute atomic E-state index is 4.62. The van der Waals surface area contributed by atoms with E-state index in [-0.39, 0.29) is 0 Å². The van der Waals surface area contributed by atoms with Gasteiger partial charge in [-0.25, -0.2) is 0 Å². The maximum atomic E-state index is 4.62. The second-order valence-electron chi connectivity index (χ2n) is 3.97. The number of benzene rings is 1. The number of aromatic nitrogens is 1. The third kappa shape index (κ3) is 1.76. The van der Waals surface area contributed by atoms with E-state index in [9.17, 15) is 0 Å². The first kappa shape index (κ1) is 9.33. The third-order valence-electron chi connectivity index (χ3n) is 2.76. The van der Waals surface area contributed by atoms with Crippen LogP contribution in [0.25, 0.3) is 10.9 Å². The second kappa shape index (κ2) is 3.93. The molecule has 0 N–H and O–H groups in total. The van der Waals surface area contributed by atoms with Crippen molar-refractivity contribution < 1.29 is 0 Å². The van der Waals surface area contributed by atoms with Gasteiger partial charge in [-0.05, 0) is 12.1 Å². The average Bonchev–Trinajstić information content (AvgIpc) is 2.82. The van der Waals surface area contributed by atoms with E-state index in [0.717, 1.165) is 30.7 Å². The number of para-hydroxylation sites is 1. The van der Waals surface area contributed by atoms with Gasteiger partial charge < -0.3 is 0 Å². The maximum Gasteiger partial charge on any atom is 0.0782 e. The number of hydrogen-bond donors (Lipinski definition) is 0. The van der Waals surface area contributed by atoms with Crippen molar-refractivity contribution >= 4 is 17.1 Å². The summed E-state index contributed by atoms with van der Waals surface area (Å²) in [6.07, 6.45) is 3.01. The summed E-state index contributed by atoms with van der Waals surface area (Å²) in [5.74, 6) is 0. The van der Waals surface area contributed by atoms with Crippen LogP contribution in [0, 0.1) is 0 Å². The number of rotatable bonds is 2. The minimum absolute atomic E-state index is 0.807. The van der Waals surface area contributed by atoms with Gasteiger partial charge in [-0.15, -0.1) is 0 Å². The fourth-order valence-corrected chi connectivity index (χ4v) is 1.94. The monoisotopic (exact) mass is 211 g/mol. The van der Waals surface area contributed by atoms with Crippen LogP contribution in [0.5, 0.6) is 0 Å². The minimum Gasteiger partial charge on any atom is -0.291 e. The molecule has 0 aliphatic carbocycles. The van der Waals surface area contributed by atoms with Crippen LogP contribution in [0.15, 0.2) is 41.5 Å². The summed E-state index contributed by atoms with van der Waals surface area (Å²) in [6, 6.07) is 12.4. The lowest BCUT2D eigenvalue weighted by atomic mass is 10.2. The molecule has 16 heavy (non-hydrogen) atoms. The van der Waals surface area contributed by atoms with Crippen molar-refractivity contribution in [3.05, 3.63) is 42.1 Å². The normalized spacial score (nSPS) is 14.9. The smallest absolute Gasteiger partial charge is 0.0782 e. The summed E-state index contributed by atoms with van der Waals surface area (Å²) >= 11 is 0. The molecule has 0 unspecified atom stereocenters. The molecule has 2 aromatic rings. The molecule has 0 radical (unpaired) electrons. The molecular weight excluding hydrogens is 198 g/mol. The van der Waals surface area contributed by atoms with Gasteiger partial charge in [0.2, 0.25) is 0 Å². The second-order valence-corrected chi connectivity index (χ2v) is 3.97. The molecule has 0 saturated heterocycles. The fourth-order valence-electron chi connectivity index (χ4n) is 1.94. The van der Waals surface area contributed by atoms with Gasteiger partial charge >= 0.3 is 0 Å². The molecule has 0 spiro atoms. The number of hydrazone groups is 1. The van der Waals surface area contributed by atoms with Crippen LogP contribution in [-0.4, -0.2) is 22.8 Å². The van der Waals surface area contributed by atoms with E-state index in [0.29, 0.717) is 0 Å². The molecule has 1 aromatic carbocycles. The predicted octanol–water partition coefficient (Wildman–Crippen LogP) is 2.43. The van der Waals surface area contributed by atoms with Crippen LogP contribution in [0.1, 0.15) is 12.1 Å². The van der Waals surface area contributed by atoms with Crippen molar-refractivity contribution in [1.29, 1.82) is 0 Å². The Bertz CT molecular complexity index is 533. The third-order valence-corrected chi connectivity index (χ3v) is 2.76. The van der Waals surface area contributed by atoms with E-state index in [2.05, 4.69) is 33.3 Å². The quantitative estimate of drug-likeness (QED) is 0.763. The van der Waals surface area contributed by atoms with E-state index >= 15 is 0 Å². The lowest BCUT2D eigenvalue weighted by Crippen LogP contribution is -2.14. The van der Waals surface area contributed by atoms with Crippen LogP contribution >= 0.6 is 0 Å². The first-order valence-corrected chi connectivity index (χ1v) is 5.54. The summed E-state index contributed by atoms with van der Waals surface area (Å²) in [5.41, 5.74) is 2.14. The zero-order chi connectivity index (χ0) is 10.8. The van der Waals surface area contributed by atoms with Crippen molar-refractivity contribution in [2.24, 2.45) is 5.10 Å². The molecule has 0 saturated carbocycles. The van der Waals surface area contributed by atoms with Gasteiger partial charge in [-0.3, -0.25) is 9.99 Å². The lowest BCUT2D eigenvalue weighted by Gasteiger charge is -2.12. The molecular formula is C13H13N3. The van der Waals surface area contributed by atoms with Crippen molar-refractivity contribution in [2.75, 3.05) is 6.54 Å². The minimum atomic E-state index is 0.807. The molecule has 0 amide bonds. The van der Waals surface area contributed by atoms with Gasteiger partial charge in [0.1, 0.15) is 0 Å². The summed E-state index contributed by atoms with van der Waals surface area (Å²) in [4.78, 5) is 4.62. The summed E-state index contributed by atoms with van der Waals surface area (Å²) in [5, 5.41) is 7.52. The number of hydrogen-bond acceptors (Lipinski definition) is 3.